The van der Waals surface area contributed by atoms with E-state index in [0.717, 1.165) is 45.4 Å². The fourth-order valence-corrected chi connectivity index (χ4v) is 4.59. The molecular formula is C9H16N2O2S. The van der Waals surface area contributed by atoms with E-state index < -0.39 is 10.0 Å². The Labute approximate surface area is 84.7 Å². The molecule has 1 aliphatic carbocycles. The molecule has 0 aromatic rings. The minimum atomic E-state index is -2.89. The molecule has 1 spiro atoms. The predicted octanol–water partition coefficient (Wildman–Crippen LogP) is -0.226. The Morgan fingerprint density at radius 2 is 2.00 bits per heavy atom. The lowest BCUT2D eigenvalue weighted by Crippen LogP contribution is -2.59. The molecule has 3 rings (SSSR count). The van der Waals surface area contributed by atoms with Gasteiger partial charge in [0.25, 0.3) is 0 Å². The standard InChI is InChI=1S/C9H16N2O2S/c12-14(13,8-1-2-8)11-6-9(7-11)3-4-10-5-9/h8,10H,1-7H2. The molecule has 4 nitrogen and oxygen atoms in total. The third kappa shape index (κ3) is 1.22. The first kappa shape index (κ1) is 9.12. The second-order valence-corrected chi connectivity index (χ2v) is 7.15. The Bertz CT molecular complexity index is 334. The van der Waals surface area contributed by atoms with Crippen molar-refractivity contribution < 1.29 is 8.42 Å². The summed E-state index contributed by atoms with van der Waals surface area (Å²) >= 11 is 0. The van der Waals surface area contributed by atoms with Crippen LogP contribution in [0.15, 0.2) is 0 Å². The number of nitrogens with zero attached hydrogens (tertiary/aromatic N) is 1. The van der Waals surface area contributed by atoms with Crippen LogP contribution in [0.5, 0.6) is 0 Å². The van der Waals surface area contributed by atoms with Crippen molar-refractivity contribution in [1.82, 2.24) is 9.62 Å². The molecule has 3 aliphatic rings. The van der Waals surface area contributed by atoms with Gasteiger partial charge in [-0.2, -0.15) is 0 Å². The molecule has 0 atom stereocenters. The summed E-state index contributed by atoms with van der Waals surface area (Å²) in [6, 6.07) is 0. The molecule has 1 saturated carbocycles. The minimum absolute atomic E-state index is 0.0331. The van der Waals surface area contributed by atoms with Gasteiger partial charge in [0.15, 0.2) is 0 Å². The van der Waals surface area contributed by atoms with Gasteiger partial charge in [0.1, 0.15) is 0 Å². The highest BCUT2D eigenvalue weighted by molar-refractivity contribution is 7.90. The molecule has 0 amide bonds. The summed E-state index contributed by atoms with van der Waals surface area (Å²) in [7, 11) is -2.89. The summed E-state index contributed by atoms with van der Waals surface area (Å²) in [6.07, 6.45) is 2.90. The van der Waals surface area contributed by atoms with Gasteiger partial charge in [0.05, 0.1) is 5.25 Å². The van der Waals surface area contributed by atoms with Crippen molar-refractivity contribution in [3.05, 3.63) is 0 Å². The van der Waals surface area contributed by atoms with E-state index in [2.05, 4.69) is 5.32 Å². The maximum Gasteiger partial charge on any atom is 0.217 e. The summed E-state index contributed by atoms with van der Waals surface area (Å²) in [5, 5.41) is 3.28. The minimum Gasteiger partial charge on any atom is -0.316 e. The van der Waals surface area contributed by atoms with Crippen molar-refractivity contribution in [3.63, 3.8) is 0 Å². The smallest absolute Gasteiger partial charge is 0.217 e. The summed E-state index contributed by atoms with van der Waals surface area (Å²) < 4.78 is 25.3. The van der Waals surface area contributed by atoms with Gasteiger partial charge in [0.2, 0.25) is 10.0 Å². The van der Waals surface area contributed by atoms with Crippen LogP contribution in [0.25, 0.3) is 0 Å². The second kappa shape index (κ2) is 2.71. The first-order chi connectivity index (χ1) is 6.62. The third-order valence-electron chi connectivity index (χ3n) is 3.66. The molecule has 0 radical (unpaired) electrons. The molecule has 0 unspecified atom stereocenters. The Morgan fingerprint density at radius 3 is 2.50 bits per heavy atom. The summed E-state index contributed by atoms with van der Waals surface area (Å²) in [5.41, 5.74) is 0.294. The zero-order valence-electron chi connectivity index (χ0n) is 8.20. The van der Waals surface area contributed by atoms with E-state index >= 15 is 0 Å². The van der Waals surface area contributed by atoms with E-state index in [1.165, 1.54) is 0 Å². The van der Waals surface area contributed by atoms with E-state index in [1.807, 2.05) is 0 Å². The summed E-state index contributed by atoms with van der Waals surface area (Å²) in [4.78, 5) is 0. The Balaban J connectivity index is 1.68. The van der Waals surface area contributed by atoms with Gasteiger partial charge in [-0.15, -0.1) is 0 Å². The van der Waals surface area contributed by atoms with E-state index in [4.69, 9.17) is 0 Å². The highest BCUT2D eigenvalue weighted by Gasteiger charge is 2.52. The maximum atomic E-state index is 11.8. The Hall–Kier alpha value is -0.130. The molecular weight excluding hydrogens is 200 g/mol. The maximum absolute atomic E-state index is 11.8. The average Bonchev–Trinajstić information content (AvgIpc) is 2.81. The van der Waals surface area contributed by atoms with E-state index in [9.17, 15) is 8.42 Å². The SMILES string of the molecule is O=S(=O)(C1CC1)N1CC2(CCNC2)C1. The van der Waals surface area contributed by atoms with Gasteiger partial charge in [-0.1, -0.05) is 0 Å². The zero-order valence-corrected chi connectivity index (χ0v) is 9.02. The lowest BCUT2D eigenvalue weighted by Gasteiger charge is -2.46. The van der Waals surface area contributed by atoms with Gasteiger partial charge in [-0.3, -0.25) is 0 Å². The second-order valence-electron chi connectivity index (χ2n) is 4.94. The number of rotatable bonds is 2. The largest absolute Gasteiger partial charge is 0.316 e. The number of hydrogen-bond donors (Lipinski definition) is 1. The molecule has 0 bridgehead atoms. The number of nitrogens with one attached hydrogen (secondary N) is 1. The van der Waals surface area contributed by atoms with Crippen LogP contribution in [0.3, 0.4) is 0 Å². The van der Waals surface area contributed by atoms with Gasteiger partial charge < -0.3 is 5.32 Å². The van der Waals surface area contributed by atoms with Crippen molar-refractivity contribution in [2.24, 2.45) is 5.41 Å². The van der Waals surface area contributed by atoms with Crippen molar-refractivity contribution in [3.8, 4) is 0 Å². The van der Waals surface area contributed by atoms with Crippen LogP contribution < -0.4 is 5.32 Å². The number of sulfonamides is 1. The van der Waals surface area contributed by atoms with Crippen molar-refractivity contribution in [2.45, 2.75) is 24.5 Å². The van der Waals surface area contributed by atoms with Crippen LogP contribution in [-0.2, 0) is 10.0 Å². The highest BCUT2D eigenvalue weighted by Crippen LogP contribution is 2.41. The van der Waals surface area contributed by atoms with Crippen LogP contribution in [0.2, 0.25) is 0 Å². The first-order valence-electron chi connectivity index (χ1n) is 5.32. The molecule has 3 fully saturated rings. The van der Waals surface area contributed by atoms with Gasteiger partial charge in [0, 0.05) is 25.0 Å². The van der Waals surface area contributed by atoms with Crippen LogP contribution in [0, 0.1) is 5.41 Å². The lowest BCUT2D eigenvalue weighted by molar-refractivity contribution is 0.0916. The van der Waals surface area contributed by atoms with Crippen molar-refractivity contribution in [1.29, 1.82) is 0 Å². The molecule has 80 valence electrons. The third-order valence-corrected chi connectivity index (χ3v) is 5.95. The molecule has 1 N–H and O–H groups in total. The average molecular weight is 216 g/mol. The van der Waals surface area contributed by atoms with Crippen molar-refractivity contribution in [2.75, 3.05) is 26.2 Å². The Morgan fingerprint density at radius 1 is 1.29 bits per heavy atom. The fraction of sp³-hybridized carbons (Fsp3) is 1.00. The summed E-state index contributed by atoms with van der Waals surface area (Å²) in [6.45, 7) is 3.58. The molecule has 5 heteroatoms. The summed E-state index contributed by atoms with van der Waals surface area (Å²) in [5.74, 6) is 0. The van der Waals surface area contributed by atoms with Crippen LogP contribution in [0.1, 0.15) is 19.3 Å². The molecule has 14 heavy (non-hydrogen) atoms. The zero-order chi connectivity index (χ0) is 9.81. The molecule has 2 heterocycles. The van der Waals surface area contributed by atoms with Crippen LogP contribution in [0.4, 0.5) is 0 Å². The van der Waals surface area contributed by atoms with Crippen LogP contribution in [-0.4, -0.2) is 44.2 Å². The van der Waals surface area contributed by atoms with E-state index in [1.54, 1.807) is 4.31 Å². The van der Waals surface area contributed by atoms with E-state index in [0.29, 0.717) is 5.41 Å². The van der Waals surface area contributed by atoms with Crippen LogP contribution >= 0.6 is 0 Å². The van der Waals surface area contributed by atoms with Gasteiger partial charge in [-0.05, 0) is 25.8 Å². The number of hydrogen-bond acceptors (Lipinski definition) is 3. The predicted molar refractivity (Wildman–Crippen MR) is 53.4 cm³/mol. The molecule has 0 aromatic heterocycles. The molecule has 2 saturated heterocycles. The quantitative estimate of drug-likeness (QED) is 0.694. The van der Waals surface area contributed by atoms with Gasteiger partial charge >= 0.3 is 0 Å². The fourth-order valence-electron chi connectivity index (χ4n) is 2.52. The van der Waals surface area contributed by atoms with E-state index in [-0.39, 0.29) is 5.25 Å². The lowest BCUT2D eigenvalue weighted by atomic mass is 9.81. The Kier molecular flexibility index (Phi) is 1.77. The molecule has 2 aliphatic heterocycles. The first-order valence-corrected chi connectivity index (χ1v) is 6.83. The van der Waals surface area contributed by atoms with Gasteiger partial charge in [-0.25, -0.2) is 12.7 Å². The topological polar surface area (TPSA) is 49.4 Å². The van der Waals surface area contributed by atoms with Crippen molar-refractivity contribution >= 4 is 10.0 Å². The normalized spacial score (nSPS) is 32.0. The molecule has 0 aromatic carbocycles. The monoisotopic (exact) mass is 216 g/mol. The highest BCUT2D eigenvalue weighted by atomic mass is 32.2.